The van der Waals surface area contributed by atoms with Crippen LogP contribution in [-0.4, -0.2) is 25.1 Å². The summed E-state index contributed by atoms with van der Waals surface area (Å²) in [6.07, 6.45) is 1.62. The third-order valence-corrected chi connectivity index (χ3v) is 5.76. The highest BCUT2D eigenvalue weighted by atomic mass is 32.1. The van der Waals surface area contributed by atoms with Crippen LogP contribution < -0.4 is 0 Å². The third-order valence-electron chi connectivity index (χ3n) is 4.90. The van der Waals surface area contributed by atoms with Crippen LogP contribution in [0.15, 0.2) is 48.0 Å². The second-order valence-corrected chi connectivity index (χ2v) is 7.71. The zero-order chi connectivity index (χ0) is 19.8. The third kappa shape index (κ3) is 3.22. The zero-order valence-electron chi connectivity index (χ0n) is 15.5. The molecule has 28 heavy (non-hydrogen) atoms. The van der Waals surface area contributed by atoms with Gasteiger partial charge in [-0.15, -0.1) is 11.3 Å². The van der Waals surface area contributed by atoms with Gasteiger partial charge in [-0.05, 0) is 37.4 Å². The number of fused-ring (bicyclic) bond motifs is 1. The van der Waals surface area contributed by atoms with Crippen molar-refractivity contribution >= 4 is 33.7 Å². The first-order valence-corrected chi connectivity index (χ1v) is 9.64. The van der Waals surface area contributed by atoms with E-state index in [0.29, 0.717) is 11.1 Å². The van der Waals surface area contributed by atoms with Crippen LogP contribution in [-0.2, 0) is 13.1 Å². The highest BCUT2D eigenvalue weighted by molar-refractivity contribution is 7.09. The van der Waals surface area contributed by atoms with Crippen molar-refractivity contribution in [3.8, 4) is 0 Å². The SMILES string of the molecule is Cc1cc(C(=O)Cn2ncc3ccc([N+](=O)[O-])cc32)c(C)n1Cc1cccs1. The Kier molecular flexibility index (Phi) is 4.56. The van der Waals surface area contributed by atoms with Gasteiger partial charge in [0.1, 0.15) is 6.54 Å². The Balaban J connectivity index is 1.63. The molecular formula is C20H18N4O3S. The van der Waals surface area contributed by atoms with Gasteiger partial charge in [-0.1, -0.05) is 6.07 Å². The van der Waals surface area contributed by atoms with Gasteiger partial charge in [0.2, 0.25) is 0 Å². The van der Waals surface area contributed by atoms with Crippen molar-refractivity contribution in [2.75, 3.05) is 0 Å². The van der Waals surface area contributed by atoms with Crippen LogP contribution >= 0.6 is 11.3 Å². The number of hydrogen-bond acceptors (Lipinski definition) is 5. The Morgan fingerprint density at radius 2 is 2.07 bits per heavy atom. The van der Waals surface area contributed by atoms with Gasteiger partial charge in [0.05, 0.1) is 23.2 Å². The van der Waals surface area contributed by atoms with Crippen LogP contribution in [0, 0.1) is 24.0 Å². The number of nitro benzene ring substituents is 1. The van der Waals surface area contributed by atoms with Crippen LogP contribution in [0.1, 0.15) is 26.6 Å². The van der Waals surface area contributed by atoms with Crippen molar-refractivity contribution in [1.29, 1.82) is 0 Å². The van der Waals surface area contributed by atoms with Crippen molar-refractivity contribution in [3.63, 3.8) is 0 Å². The van der Waals surface area contributed by atoms with Gasteiger partial charge in [-0.25, -0.2) is 0 Å². The molecule has 0 N–H and O–H groups in total. The van der Waals surface area contributed by atoms with Gasteiger partial charge < -0.3 is 4.57 Å². The lowest BCUT2D eigenvalue weighted by Gasteiger charge is -2.08. The molecule has 1 aromatic carbocycles. The summed E-state index contributed by atoms with van der Waals surface area (Å²) < 4.78 is 3.65. The summed E-state index contributed by atoms with van der Waals surface area (Å²) in [5.41, 5.74) is 3.16. The minimum atomic E-state index is -0.448. The molecule has 0 aliphatic carbocycles. The second kappa shape index (κ2) is 7.05. The van der Waals surface area contributed by atoms with E-state index in [9.17, 15) is 14.9 Å². The number of nitro groups is 1. The van der Waals surface area contributed by atoms with Gasteiger partial charge in [0.25, 0.3) is 5.69 Å². The molecule has 0 spiro atoms. The van der Waals surface area contributed by atoms with Gasteiger partial charge in [0, 0.05) is 39.3 Å². The van der Waals surface area contributed by atoms with Crippen molar-refractivity contribution in [2.24, 2.45) is 0 Å². The summed E-state index contributed by atoms with van der Waals surface area (Å²) in [4.78, 5) is 24.8. The molecule has 3 aromatic heterocycles. The molecule has 8 heteroatoms. The van der Waals surface area contributed by atoms with Crippen molar-refractivity contribution in [1.82, 2.24) is 14.3 Å². The van der Waals surface area contributed by atoms with Gasteiger partial charge in [-0.3, -0.25) is 19.6 Å². The molecule has 0 fully saturated rings. The number of rotatable bonds is 6. The number of non-ortho nitro benzene ring substituents is 1. The smallest absolute Gasteiger partial charge is 0.271 e. The number of carbonyl (C=O) groups excluding carboxylic acids is 1. The molecule has 4 aromatic rings. The molecule has 0 radical (unpaired) electrons. The molecule has 0 aliphatic rings. The van der Waals surface area contributed by atoms with E-state index in [1.807, 2.05) is 31.4 Å². The molecule has 0 saturated carbocycles. The maximum atomic E-state index is 13.0. The predicted molar refractivity (Wildman–Crippen MR) is 108 cm³/mol. The van der Waals surface area contributed by atoms with Crippen LogP contribution in [0.5, 0.6) is 0 Å². The molecule has 0 atom stereocenters. The Labute approximate surface area is 165 Å². The highest BCUT2D eigenvalue weighted by Gasteiger charge is 2.18. The number of aromatic nitrogens is 3. The summed E-state index contributed by atoms with van der Waals surface area (Å²) in [6.45, 7) is 4.71. The normalized spacial score (nSPS) is 11.2. The Bertz CT molecular complexity index is 1190. The number of benzene rings is 1. The van der Waals surface area contributed by atoms with E-state index in [1.165, 1.54) is 21.7 Å². The maximum absolute atomic E-state index is 13.0. The first kappa shape index (κ1) is 18.1. The Morgan fingerprint density at radius 1 is 1.25 bits per heavy atom. The lowest BCUT2D eigenvalue weighted by molar-refractivity contribution is -0.384. The molecule has 142 valence electrons. The Morgan fingerprint density at radius 3 is 2.79 bits per heavy atom. The molecule has 4 rings (SSSR count). The van der Waals surface area contributed by atoms with Crippen molar-refractivity contribution in [2.45, 2.75) is 26.9 Å². The number of nitrogens with zero attached hydrogens (tertiary/aromatic N) is 4. The summed E-state index contributed by atoms with van der Waals surface area (Å²) in [5.74, 6) is -0.0676. The van der Waals surface area contributed by atoms with E-state index in [4.69, 9.17) is 0 Å². The van der Waals surface area contributed by atoms with Gasteiger partial charge in [0.15, 0.2) is 5.78 Å². The van der Waals surface area contributed by atoms with E-state index >= 15 is 0 Å². The topological polar surface area (TPSA) is 83.0 Å². The number of hydrogen-bond donors (Lipinski definition) is 0. The summed E-state index contributed by atoms with van der Waals surface area (Å²) in [7, 11) is 0. The number of ketones is 1. The first-order valence-electron chi connectivity index (χ1n) is 8.76. The molecule has 0 aliphatic heterocycles. The zero-order valence-corrected chi connectivity index (χ0v) is 16.3. The Hall–Kier alpha value is -3.26. The lowest BCUT2D eigenvalue weighted by atomic mass is 10.1. The molecule has 0 saturated heterocycles. The van der Waals surface area contributed by atoms with E-state index in [2.05, 4.69) is 15.7 Å². The van der Waals surface area contributed by atoms with Crippen LogP contribution in [0.3, 0.4) is 0 Å². The number of Topliss-reactive ketones (excluding diaryl/α,β-unsaturated/α-hetero) is 1. The fourth-order valence-electron chi connectivity index (χ4n) is 3.40. The first-order chi connectivity index (χ1) is 13.4. The largest absolute Gasteiger partial charge is 0.343 e. The predicted octanol–water partition coefficient (Wildman–Crippen LogP) is 4.36. The lowest BCUT2D eigenvalue weighted by Crippen LogP contribution is -2.13. The average molecular weight is 394 g/mol. The molecule has 0 amide bonds. The average Bonchev–Trinajstić information content (AvgIpc) is 3.38. The summed E-state index contributed by atoms with van der Waals surface area (Å²) >= 11 is 1.69. The van der Waals surface area contributed by atoms with Crippen molar-refractivity contribution < 1.29 is 9.72 Å². The highest BCUT2D eigenvalue weighted by Crippen LogP contribution is 2.23. The van der Waals surface area contributed by atoms with Gasteiger partial charge in [-0.2, -0.15) is 5.10 Å². The number of carbonyl (C=O) groups is 1. The standard InChI is InChI=1S/C20H18N4O3S/c1-13-8-18(14(2)22(13)11-17-4-3-7-28-17)20(25)12-23-19-9-16(24(26)27)6-5-15(19)10-21-23/h3-10H,11-12H2,1-2H3. The van der Waals surface area contributed by atoms with Crippen LogP contribution in [0.4, 0.5) is 5.69 Å². The van der Waals surface area contributed by atoms with E-state index < -0.39 is 4.92 Å². The number of thiophene rings is 1. The van der Waals surface area contributed by atoms with E-state index in [0.717, 1.165) is 23.3 Å². The molecule has 0 bridgehead atoms. The second-order valence-electron chi connectivity index (χ2n) is 6.68. The van der Waals surface area contributed by atoms with Crippen LogP contribution in [0.25, 0.3) is 10.9 Å². The summed E-state index contributed by atoms with van der Waals surface area (Å²) in [6, 6.07) is 10.5. The molecular weight excluding hydrogens is 376 g/mol. The fourth-order valence-corrected chi connectivity index (χ4v) is 4.10. The summed E-state index contributed by atoms with van der Waals surface area (Å²) in [5, 5.41) is 18.1. The minimum absolute atomic E-state index is 0.0178. The van der Waals surface area contributed by atoms with Crippen LogP contribution in [0.2, 0.25) is 0 Å². The molecule has 0 unspecified atom stereocenters. The molecule has 3 heterocycles. The quantitative estimate of drug-likeness (QED) is 0.276. The monoisotopic (exact) mass is 394 g/mol. The van der Waals surface area contributed by atoms with Gasteiger partial charge >= 0.3 is 0 Å². The van der Waals surface area contributed by atoms with E-state index in [1.54, 1.807) is 23.6 Å². The molecule has 7 nitrogen and oxygen atoms in total. The fraction of sp³-hybridized carbons (Fsp3) is 0.200. The van der Waals surface area contributed by atoms with Crippen molar-refractivity contribution in [3.05, 3.63) is 79.9 Å². The maximum Gasteiger partial charge on any atom is 0.271 e. The minimum Gasteiger partial charge on any atom is -0.343 e. The number of aryl methyl sites for hydroxylation is 1. The van der Waals surface area contributed by atoms with E-state index in [-0.39, 0.29) is 18.0 Å².